The SMILES string of the molecule is Cc1ccc(-n2nc(-c3cccc(Cl)c3)c3c2NCCCC3)cc1. The molecule has 0 saturated heterocycles. The van der Waals surface area contributed by atoms with Crippen LogP contribution < -0.4 is 5.32 Å². The van der Waals surface area contributed by atoms with E-state index in [1.165, 1.54) is 24.0 Å². The molecule has 1 aliphatic heterocycles. The van der Waals surface area contributed by atoms with Gasteiger partial charge in [0.05, 0.1) is 11.4 Å². The molecular formula is C20H20ClN3. The van der Waals surface area contributed by atoms with Crippen molar-refractivity contribution in [3.05, 3.63) is 64.7 Å². The molecule has 0 bridgehead atoms. The molecule has 2 heterocycles. The lowest BCUT2D eigenvalue weighted by Gasteiger charge is -2.09. The van der Waals surface area contributed by atoms with Crippen molar-refractivity contribution in [1.29, 1.82) is 0 Å². The summed E-state index contributed by atoms with van der Waals surface area (Å²) in [6.45, 7) is 3.09. The molecule has 1 N–H and O–H groups in total. The molecule has 4 rings (SSSR count). The lowest BCUT2D eigenvalue weighted by molar-refractivity contribution is 0.780. The van der Waals surface area contributed by atoms with Crippen molar-refractivity contribution in [1.82, 2.24) is 9.78 Å². The number of hydrogen-bond acceptors (Lipinski definition) is 2. The molecule has 0 aliphatic carbocycles. The summed E-state index contributed by atoms with van der Waals surface area (Å²) in [5.74, 6) is 1.12. The van der Waals surface area contributed by atoms with E-state index in [1.807, 2.05) is 22.9 Å². The molecule has 0 spiro atoms. The number of anilines is 1. The van der Waals surface area contributed by atoms with E-state index in [9.17, 15) is 0 Å². The summed E-state index contributed by atoms with van der Waals surface area (Å²) in [5.41, 5.74) is 5.73. The second-order valence-corrected chi connectivity index (χ2v) is 6.75. The van der Waals surface area contributed by atoms with Crippen LogP contribution in [0.4, 0.5) is 5.82 Å². The predicted molar refractivity (Wildman–Crippen MR) is 100 cm³/mol. The molecule has 0 unspecified atom stereocenters. The maximum absolute atomic E-state index is 6.20. The van der Waals surface area contributed by atoms with Crippen LogP contribution in [-0.2, 0) is 6.42 Å². The van der Waals surface area contributed by atoms with Crippen LogP contribution in [0.3, 0.4) is 0 Å². The van der Waals surface area contributed by atoms with Gasteiger partial charge in [-0.3, -0.25) is 0 Å². The molecule has 3 aromatic rings. The van der Waals surface area contributed by atoms with Crippen molar-refractivity contribution < 1.29 is 0 Å². The van der Waals surface area contributed by atoms with Gasteiger partial charge in [-0.15, -0.1) is 0 Å². The lowest BCUT2D eigenvalue weighted by Crippen LogP contribution is -2.07. The van der Waals surface area contributed by atoms with Gasteiger partial charge >= 0.3 is 0 Å². The first-order chi connectivity index (χ1) is 11.7. The van der Waals surface area contributed by atoms with Crippen molar-refractivity contribution in [2.24, 2.45) is 0 Å². The first-order valence-corrected chi connectivity index (χ1v) is 8.79. The van der Waals surface area contributed by atoms with Crippen molar-refractivity contribution >= 4 is 17.4 Å². The van der Waals surface area contributed by atoms with Crippen LogP contribution in [0.5, 0.6) is 0 Å². The van der Waals surface area contributed by atoms with Gasteiger partial charge < -0.3 is 5.32 Å². The van der Waals surface area contributed by atoms with Gasteiger partial charge in [-0.25, -0.2) is 4.68 Å². The number of hydrogen-bond donors (Lipinski definition) is 1. The van der Waals surface area contributed by atoms with Crippen molar-refractivity contribution in [2.75, 3.05) is 11.9 Å². The first-order valence-electron chi connectivity index (χ1n) is 8.41. The zero-order chi connectivity index (χ0) is 16.5. The zero-order valence-corrected chi connectivity index (χ0v) is 14.5. The quantitative estimate of drug-likeness (QED) is 0.692. The Morgan fingerprint density at radius 2 is 1.92 bits per heavy atom. The highest BCUT2D eigenvalue weighted by Gasteiger charge is 2.21. The van der Waals surface area contributed by atoms with Gasteiger partial charge in [0.1, 0.15) is 5.82 Å². The molecule has 1 aromatic heterocycles. The van der Waals surface area contributed by atoms with Crippen LogP contribution in [0, 0.1) is 6.92 Å². The first kappa shape index (κ1) is 15.3. The monoisotopic (exact) mass is 337 g/mol. The number of rotatable bonds is 2. The Hall–Kier alpha value is -2.26. The van der Waals surface area contributed by atoms with Crippen LogP contribution in [-0.4, -0.2) is 16.3 Å². The van der Waals surface area contributed by atoms with Crippen LogP contribution in [0.25, 0.3) is 16.9 Å². The Kier molecular flexibility index (Phi) is 4.03. The second kappa shape index (κ2) is 6.33. The molecule has 0 radical (unpaired) electrons. The summed E-state index contributed by atoms with van der Waals surface area (Å²) in [6, 6.07) is 16.5. The predicted octanol–water partition coefficient (Wildman–Crippen LogP) is 5.25. The number of nitrogens with zero attached hydrogens (tertiary/aromatic N) is 2. The van der Waals surface area contributed by atoms with Crippen molar-refractivity contribution in [3.8, 4) is 16.9 Å². The Morgan fingerprint density at radius 1 is 1.08 bits per heavy atom. The topological polar surface area (TPSA) is 29.9 Å². The fraction of sp³-hybridized carbons (Fsp3) is 0.250. The maximum atomic E-state index is 6.20. The molecule has 1 aliphatic rings. The highest BCUT2D eigenvalue weighted by atomic mass is 35.5. The van der Waals surface area contributed by atoms with E-state index in [0.29, 0.717) is 0 Å². The van der Waals surface area contributed by atoms with Gasteiger partial charge in [-0.1, -0.05) is 41.4 Å². The minimum atomic E-state index is 0.743. The second-order valence-electron chi connectivity index (χ2n) is 6.32. The Bertz CT molecular complexity index is 865. The molecule has 3 nitrogen and oxygen atoms in total. The summed E-state index contributed by atoms with van der Waals surface area (Å²) < 4.78 is 2.04. The number of aryl methyl sites for hydroxylation is 1. The molecule has 0 saturated carbocycles. The van der Waals surface area contributed by atoms with Crippen molar-refractivity contribution in [2.45, 2.75) is 26.2 Å². The van der Waals surface area contributed by atoms with E-state index in [1.54, 1.807) is 0 Å². The van der Waals surface area contributed by atoms with Gasteiger partial charge in [0.25, 0.3) is 0 Å². The van der Waals surface area contributed by atoms with Gasteiger partial charge in [0.2, 0.25) is 0 Å². The fourth-order valence-corrected chi connectivity index (χ4v) is 3.43. The lowest BCUT2D eigenvalue weighted by atomic mass is 10.0. The van der Waals surface area contributed by atoms with Crippen LogP contribution in [0.2, 0.25) is 5.02 Å². The van der Waals surface area contributed by atoms with Gasteiger partial charge in [-0.2, -0.15) is 5.10 Å². The Labute approximate surface area is 147 Å². The van der Waals surface area contributed by atoms with E-state index in [0.717, 1.165) is 40.8 Å². The Balaban J connectivity index is 1.90. The highest BCUT2D eigenvalue weighted by molar-refractivity contribution is 6.30. The molecule has 24 heavy (non-hydrogen) atoms. The van der Waals surface area contributed by atoms with Crippen LogP contribution >= 0.6 is 11.6 Å². The molecule has 122 valence electrons. The molecule has 0 fully saturated rings. The average Bonchev–Trinajstić information content (AvgIpc) is 2.77. The summed E-state index contributed by atoms with van der Waals surface area (Å²) in [4.78, 5) is 0. The number of nitrogens with one attached hydrogen (secondary N) is 1. The fourth-order valence-electron chi connectivity index (χ4n) is 3.24. The van der Waals surface area contributed by atoms with E-state index < -0.39 is 0 Å². The van der Waals surface area contributed by atoms with Gasteiger partial charge in [-0.05, 0) is 50.5 Å². The van der Waals surface area contributed by atoms with E-state index in [-0.39, 0.29) is 0 Å². The highest BCUT2D eigenvalue weighted by Crippen LogP contribution is 2.34. The standard InChI is InChI=1S/C20H20ClN3/c1-14-8-10-17(11-9-14)24-20-18(7-2-3-12-22-20)19(23-24)15-5-4-6-16(21)13-15/h4-6,8-11,13,22H,2-3,7,12H2,1H3. The molecule has 2 aromatic carbocycles. The van der Waals surface area contributed by atoms with Gasteiger partial charge in [0.15, 0.2) is 0 Å². The third-order valence-electron chi connectivity index (χ3n) is 4.51. The minimum Gasteiger partial charge on any atom is -0.370 e. The number of halogens is 1. The number of benzene rings is 2. The van der Waals surface area contributed by atoms with Crippen LogP contribution in [0.15, 0.2) is 48.5 Å². The third kappa shape index (κ3) is 2.80. The number of aromatic nitrogens is 2. The average molecular weight is 338 g/mol. The smallest absolute Gasteiger partial charge is 0.133 e. The summed E-state index contributed by atoms with van der Waals surface area (Å²) in [6.07, 6.45) is 3.39. The Morgan fingerprint density at radius 3 is 2.71 bits per heavy atom. The van der Waals surface area contributed by atoms with Crippen molar-refractivity contribution in [3.63, 3.8) is 0 Å². The van der Waals surface area contributed by atoms with E-state index in [2.05, 4.69) is 42.6 Å². The molecular weight excluding hydrogens is 318 g/mol. The molecule has 0 atom stereocenters. The minimum absolute atomic E-state index is 0.743. The van der Waals surface area contributed by atoms with Crippen LogP contribution in [0.1, 0.15) is 24.0 Å². The summed E-state index contributed by atoms with van der Waals surface area (Å²) >= 11 is 6.20. The maximum Gasteiger partial charge on any atom is 0.133 e. The van der Waals surface area contributed by atoms with E-state index in [4.69, 9.17) is 16.7 Å². The number of fused-ring (bicyclic) bond motifs is 1. The zero-order valence-electron chi connectivity index (χ0n) is 13.7. The van der Waals surface area contributed by atoms with Gasteiger partial charge in [0, 0.05) is 22.7 Å². The van der Waals surface area contributed by atoms with E-state index >= 15 is 0 Å². The molecule has 0 amide bonds. The third-order valence-corrected chi connectivity index (χ3v) is 4.74. The largest absolute Gasteiger partial charge is 0.370 e. The normalized spacial score (nSPS) is 13.9. The summed E-state index contributed by atoms with van der Waals surface area (Å²) in [7, 11) is 0. The molecule has 4 heteroatoms. The summed E-state index contributed by atoms with van der Waals surface area (Å²) in [5, 5.41) is 9.26.